The van der Waals surface area contributed by atoms with Gasteiger partial charge < -0.3 is 21.7 Å². The largest absolute Gasteiger partial charge is 0.349 e. The first kappa shape index (κ1) is 19.2. The molecule has 5 N–H and O–H groups in total. The predicted molar refractivity (Wildman–Crippen MR) is 100 cm³/mol. The lowest BCUT2D eigenvalue weighted by Crippen LogP contribution is -2.46. The molecule has 0 aromatic heterocycles. The Morgan fingerprint density at radius 3 is 2.28 bits per heavy atom. The Hall–Kier alpha value is -2.08. The minimum Gasteiger partial charge on any atom is -0.349 e. The molecule has 6 nitrogen and oxygen atoms in total. The van der Waals surface area contributed by atoms with Crippen LogP contribution in [0.4, 0.5) is 10.5 Å². The molecule has 0 saturated heterocycles. The highest BCUT2D eigenvalue weighted by Crippen LogP contribution is 2.27. The van der Waals surface area contributed by atoms with E-state index in [2.05, 4.69) is 16.0 Å². The number of anilines is 1. The van der Waals surface area contributed by atoms with Gasteiger partial charge in [-0.2, -0.15) is 0 Å². The van der Waals surface area contributed by atoms with E-state index in [0.717, 1.165) is 36.9 Å². The molecule has 138 valence electrons. The molecule has 1 aromatic carbocycles. The fourth-order valence-electron chi connectivity index (χ4n) is 2.82. The van der Waals surface area contributed by atoms with Gasteiger partial charge in [-0.05, 0) is 50.3 Å². The van der Waals surface area contributed by atoms with Gasteiger partial charge in [0.25, 0.3) is 0 Å². The lowest BCUT2D eigenvalue weighted by Gasteiger charge is -2.30. The summed E-state index contributed by atoms with van der Waals surface area (Å²) in [5, 5.41) is 8.77. The zero-order chi connectivity index (χ0) is 18.4. The molecule has 0 heterocycles. The highest BCUT2D eigenvalue weighted by Gasteiger charge is 2.34. The van der Waals surface area contributed by atoms with E-state index in [4.69, 9.17) is 5.73 Å². The smallest absolute Gasteiger partial charge is 0.319 e. The minimum absolute atomic E-state index is 0.00138. The number of urea groups is 1. The second kappa shape index (κ2) is 8.34. The van der Waals surface area contributed by atoms with Gasteiger partial charge >= 0.3 is 6.03 Å². The average molecular weight is 346 g/mol. The third kappa shape index (κ3) is 4.95. The number of benzene rings is 1. The number of hydrogen-bond acceptors (Lipinski definition) is 3. The monoisotopic (exact) mass is 346 g/mol. The third-order valence-electron chi connectivity index (χ3n) is 5.15. The van der Waals surface area contributed by atoms with Gasteiger partial charge in [0.15, 0.2) is 0 Å². The lowest BCUT2D eigenvalue weighted by atomic mass is 9.81. The van der Waals surface area contributed by atoms with Crippen LogP contribution in [0.3, 0.4) is 0 Å². The van der Waals surface area contributed by atoms with E-state index in [1.807, 2.05) is 45.0 Å². The van der Waals surface area contributed by atoms with Crippen molar-refractivity contribution in [1.82, 2.24) is 10.6 Å². The first-order valence-corrected chi connectivity index (χ1v) is 9.12. The van der Waals surface area contributed by atoms with Crippen LogP contribution in [0.1, 0.15) is 58.1 Å². The highest BCUT2D eigenvalue weighted by atomic mass is 16.2. The van der Waals surface area contributed by atoms with Gasteiger partial charge in [0.05, 0.1) is 11.5 Å². The molecule has 1 aliphatic carbocycles. The zero-order valence-electron chi connectivity index (χ0n) is 15.4. The van der Waals surface area contributed by atoms with Crippen LogP contribution in [0.15, 0.2) is 24.3 Å². The van der Waals surface area contributed by atoms with E-state index in [0.29, 0.717) is 12.6 Å². The Labute approximate surface area is 149 Å². The first-order valence-electron chi connectivity index (χ1n) is 9.12. The molecule has 0 bridgehead atoms. The lowest BCUT2D eigenvalue weighted by molar-refractivity contribution is -0.131. The van der Waals surface area contributed by atoms with Gasteiger partial charge in [-0.3, -0.25) is 4.79 Å². The number of nitrogens with two attached hydrogens (primary N) is 1. The van der Waals surface area contributed by atoms with Crippen LogP contribution >= 0.6 is 0 Å². The Balaban J connectivity index is 1.93. The Bertz CT molecular complexity index is 584. The number of carbonyl (C=O) groups is 2. The van der Waals surface area contributed by atoms with Crippen molar-refractivity contribution in [2.24, 2.45) is 11.1 Å². The Morgan fingerprint density at radius 2 is 1.80 bits per heavy atom. The first-order chi connectivity index (χ1) is 11.9. The van der Waals surface area contributed by atoms with E-state index in [1.54, 1.807) is 0 Å². The average Bonchev–Trinajstić information content (AvgIpc) is 3.41. The van der Waals surface area contributed by atoms with Crippen molar-refractivity contribution in [1.29, 1.82) is 0 Å². The van der Waals surface area contributed by atoms with Gasteiger partial charge in [0.1, 0.15) is 0 Å². The SMILES string of the molecule is CCC(CC)(CN)C(=O)NC(C)c1ccc(NC(=O)NC2CC2)cc1. The minimum atomic E-state index is -0.503. The van der Waals surface area contributed by atoms with Crippen molar-refractivity contribution in [3.8, 4) is 0 Å². The van der Waals surface area contributed by atoms with Crippen LogP contribution < -0.4 is 21.7 Å². The molecule has 1 atom stereocenters. The van der Waals surface area contributed by atoms with E-state index in [1.165, 1.54) is 0 Å². The second-order valence-electron chi connectivity index (χ2n) is 6.88. The van der Waals surface area contributed by atoms with Crippen LogP contribution in [0.5, 0.6) is 0 Å². The normalized spacial score (nSPS) is 15.4. The second-order valence-corrected chi connectivity index (χ2v) is 6.88. The van der Waals surface area contributed by atoms with Crippen LogP contribution in [0.25, 0.3) is 0 Å². The van der Waals surface area contributed by atoms with Gasteiger partial charge in [0, 0.05) is 18.3 Å². The molecule has 0 aliphatic heterocycles. The molecular formula is C19H30N4O2. The fraction of sp³-hybridized carbons (Fsp3) is 0.579. The summed E-state index contributed by atoms with van der Waals surface area (Å²) >= 11 is 0. The predicted octanol–water partition coefficient (Wildman–Crippen LogP) is 2.91. The van der Waals surface area contributed by atoms with Crippen molar-refractivity contribution in [3.63, 3.8) is 0 Å². The summed E-state index contributed by atoms with van der Waals surface area (Å²) in [5.41, 5.74) is 7.06. The van der Waals surface area contributed by atoms with Gasteiger partial charge in [-0.15, -0.1) is 0 Å². The van der Waals surface area contributed by atoms with Crippen LogP contribution in [0, 0.1) is 5.41 Å². The van der Waals surface area contributed by atoms with Crippen LogP contribution in [-0.2, 0) is 4.79 Å². The van der Waals surface area contributed by atoms with Crippen molar-refractivity contribution in [3.05, 3.63) is 29.8 Å². The van der Waals surface area contributed by atoms with Crippen molar-refractivity contribution in [2.75, 3.05) is 11.9 Å². The summed E-state index contributed by atoms with van der Waals surface area (Å²) in [6, 6.07) is 7.57. The van der Waals surface area contributed by atoms with Crippen molar-refractivity contribution >= 4 is 17.6 Å². The topological polar surface area (TPSA) is 96.2 Å². The van der Waals surface area contributed by atoms with E-state index in [-0.39, 0.29) is 18.0 Å². The van der Waals surface area contributed by atoms with Crippen LogP contribution in [-0.4, -0.2) is 24.5 Å². The maximum Gasteiger partial charge on any atom is 0.319 e. The molecule has 1 aliphatic rings. The zero-order valence-corrected chi connectivity index (χ0v) is 15.4. The standard InChI is InChI=1S/C19H30N4O2/c1-4-19(5-2,12-20)17(24)21-13(3)14-6-8-15(9-7-14)22-18(25)23-16-10-11-16/h6-9,13,16H,4-5,10-12,20H2,1-3H3,(H,21,24)(H2,22,23,25). The van der Waals surface area contributed by atoms with Crippen molar-refractivity contribution < 1.29 is 9.59 Å². The maximum atomic E-state index is 12.6. The molecule has 1 aromatic rings. The Kier molecular flexibility index (Phi) is 6.42. The highest BCUT2D eigenvalue weighted by molar-refractivity contribution is 5.89. The number of carbonyl (C=O) groups excluding carboxylic acids is 2. The molecule has 3 amide bonds. The van der Waals surface area contributed by atoms with Crippen LogP contribution in [0.2, 0.25) is 0 Å². The third-order valence-corrected chi connectivity index (χ3v) is 5.15. The molecule has 0 spiro atoms. The van der Waals surface area contributed by atoms with Gasteiger partial charge in [-0.1, -0.05) is 26.0 Å². The fourth-order valence-corrected chi connectivity index (χ4v) is 2.82. The number of rotatable bonds is 8. The van der Waals surface area contributed by atoms with Gasteiger partial charge in [0.2, 0.25) is 5.91 Å². The quantitative estimate of drug-likeness (QED) is 0.583. The molecule has 1 fully saturated rings. The Morgan fingerprint density at radius 1 is 1.20 bits per heavy atom. The summed E-state index contributed by atoms with van der Waals surface area (Å²) in [5.74, 6) is -0.00138. The molecule has 1 unspecified atom stereocenters. The maximum absolute atomic E-state index is 12.6. The summed E-state index contributed by atoms with van der Waals surface area (Å²) < 4.78 is 0. The van der Waals surface area contributed by atoms with E-state index >= 15 is 0 Å². The summed E-state index contributed by atoms with van der Waals surface area (Å²) in [6.07, 6.45) is 3.56. The summed E-state index contributed by atoms with van der Waals surface area (Å²) in [7, 11) is 0. The van der Waals surface area contributed by atoms with E-state index in [9.17, 15) is 9.59 Å². The molecular weight excluding hydrogens is 316 g/mol. The van der Waals surface area contributed by atoms with E-state index < -0.39 is 5.41 Å². The molecule has 1 saturated carbocycles. The summed E-state index contributed by atoms with van der Waals surface area (Å²) in [4.78, 5) is 24.4. The number of hydrogen-bond donors (Lipinski definition) is 4. The number of nitrogens with one attached hydrogen (secondary N) is 3. The molecule has 2 rings (SSSR count). The van der Waals surface area contributed by atoms with Gasteiger partial charge in [-0.25, -0.2) is 4.79 Å². The summed E-state index contributed by atoms with van der Waals surface area (Å²) in [6.45, 7) is 6.28. The number of amides is 3. The van der Waals surface area contributed by atoms with Crippen molar-refractivity contribution in [2.45, 2.75) is 58.5 Å². The molecule has 6 heteroatoms. The molecule has 25 heavy (non-hydrogen) atoms. The molecule has 0 radical (unpaired) electrons.